The molecule has 46 heavy (non-hydrogen) atoms. The van der Waals surface area contributed by atoms with Crippen molar-refractivity contribution in [1.29, 1.82) is 0 Å². The van der Waals surface area contributed by atoms with Crippen LogP contribution in [-0.2, 0) is 33.7 Å². The third-order valence-electron chi connectivity index (χ3n) is 7.90. The number of carbonyl (C=O) groups is 3. The second kappa shape index (κ2) is 13.5. The molecule has 3 aromatic rings. The third-order valence-corrected chi connectivity index (χ3v) is 8.35. The van der Waals surface area contributed by atoms with E-state index in [2.05, 4.69) is 9.84 Å². The first-order chi connectivity index (χ1) is 21.8. The number of urea groups is 1. The van der Waals surface area contributed by atoms with E-state index in [0.717, 1.165) is 5.56 Å². The van der Waals surface area contributed by atoms with Crippen molar-refractivity contribution >= 4 is 31.4 Å². The number of likely N-dealkylation sites (N-methyl/N-ethyl adjacent to an activating group) is 1. The molecular weight excluding hydrogens is 618 g/mol. The molecule has 4 amide bonds. The molecule has 2 saturated heterocycles. The number of hydrogen-bond donors (Lipinski definition) is 3. The quantitative estimate of drug-likeness (QED) is 0.297. The highest BCUT2D eigenvalue weighted by molar-refractivity contribution is 7.46. The van der Waals surface area contributed by atoms with E-state index >= 15 is 0 Å². The van der Waals surface area contributed by atoms with Crippen LogP contribution >= 0.6 is 7.82 Å². The van der Waals surface area contributed by atoms with Crippen molar-refractivity contribution in [1.82, 2.24) is 25.1 Å². The molecule has 0 bridgehead atoms. The van der Waals surface area contributed by atoms with Crippen LogP contribution in [0.15, 0.2) is 72.8 Å². The van der Waals surface area contributed by atoms with Gasteiger partial charge in [0.2, 0.25) is 11.8 Å². The smallest absolute Gasteiger partial charge is 0.404 e. The highest BCUT2D eigenvalue weighted by Gasteiger charge is 2.50. The summed E-state index contributed by atoms with van der Waals surface area (Å²) in [5.74, 6) is -1.18. The van der Waals surface area contributed by atoms with Gasteiger partial charge < -0.3 is 24.5 Å². The molecule has 2 aliphatic heterocycles. The molecule has 0 aliphatic carbocycles. The molecule has 0 unspecified atom stereocenters. The molecule has 2 atom stereocenters. The van der Waals surface area contributed by atoms with E-state index in [1.165, 1.54) is 39.2 Å². The van der Waals surface area contributed by atoms with Gasteiger partial charge in [0.05, 0.1) is 13.1 Å². The molecule has 0 aromatic heterocycles. The summed E-state index contributed by atoms with van der Waals surface area (Å²) >= 11 is 0. The Balaban J connectivity index is 1.48. The summed E-state index contributed by atoms with van der Waals surface area (Å²) in [5.41, 5.74) is 2.75. The number of carbonyl (C=O) groups excluding carboxylic acids is 3. The summed E-state index contributed by atoms with van der Waals surface area (Å²) in [6, 6.07) is 18.1. The van der Waals surface area contributed by atoms with E-state index in [1.807, 2.05) is 30.3 Å². The zero-order chi connectivity index (χ0) is 33.2. The molecule has 2 aliphatic rings. The van der Waals surface area contributed by atoms with Crippen LogP contribution in [0.3, 0.4) is 0 Å². The predicted octanol–water partition coefficient (Wildman–Crippen LogP) is 2.54. The minimum absolute atomic E-state index is 0.00345. The Morgan fingerprint density at radius 1 is 1.04 bits per heavy atom. The molecule has 3 N–H and O–H groups in total. The van der Waals surface area contributed by atoms with Gasteiger partial charge in [-0.25, -0.2) is 23.8 Å². The molecular formula is C31H36FN6O7P. The van der Waals surface area contributed by atoms with Crippen molar-refractivity contribution in [3.63, 3.8) is 0 Å². The van der Waals surface area contributed by atoms with Crippen LogP contribution in [0.2, 0.25) is 0 Å². The van der Waals surface area contributed by atoms with E-state index in [1.54, 1.807) is 49.1 Å². The van der Waals surface area contributed by atoms with Gasteiger partial charge in [-0.1, -0.05) is 48.5 Å². The second-order valence-corrected chi connectivity index (χ2v) is 12.6. The van der Waals surface area contributed by atoms with Gasteiger partial charge in [-0.15, -0.1) is 0 Å². The second-order valence-electron chi connectivity index (χ2n) is 11.4. The maximum atomic E-state index is 14.2. The minimum Gasteiger partial charge on any atom is -0.404 e. The summed E-state index contributed by atoms with van der Waals surface area (Å²) in [5, 5.41) is 5.90. The van der Waals surface area contributed by atoms with Crippen LogP contribution in [0, 0.1) is 5.82 Å². The average molecular weight is 655 g/mol. The highest BCUT2D eigenvalue weighted by Crippen LogP contribution is 2.38. The Kier molecular flexibility index (Phi) is 9.63. The lowest BCUT2D eigenvalue weighted by atomic mass is 9.98. The number of rotatable bonds is 9. The molecule has 2 heterocycles. The van der Waals surface area contributed by atoms with Gasteiger partial charge in [0.25, 0.3) is 0 Å². The maximum Gasteiger partial charge on any atom is 0.524 e. The number of phosphoric acid groups is 1. The number of anilines is 1. The van der Waals surface area contributed by atoms with E-state index in [0.29, 0.717) is 16.8 Å². The topological polar surface area (TPSA) is 146 Å². The third kappa shape index (κ3) is 7.48. The number of phosphoric ester groups is 1. The summed E-state index contributed by atoms with van der Waals surface area (Å²) in [7, 11) is 0.412. The molecule has 244 valence electrons. The van der Waals surface area contributed by atoms with E-state index < -0.39 is 31.9 Å². The first-order valence-electron chi connectivity index (χ1n) is 14.5. The van der Waals surface area contributed by atoms with Gasteiger partial charge >= 0.3 is 13.9 Å². The number of piperazine rings is 1. The van der Waals surface area contributed by atoms with Crippen molar-refractivity contribution in [2.45, 2.75) is 31.7 Å². The van der Waals surface area contributed by atoms with Gasteiger partial charge in [0.15, 0.2) is 0 Å². The van der Waals surface area contributed by atoms with Crippen molar-refractivity contribution < 1.29 is 37.6 Å². The van der Waals surface area contributed by atoms with Crippen molar-refractivity contribution in [2.24, 2.45) is 0 Å². The lowest BCUT2D eigenvalue weighted by molar-refractivity contribution is -0.187. The SMILES string of the molecule is CN(C)c1cc(F)ccc1CN1C[C@H]2N(C(=O)CN(C)N2C(=O)NCc2ccccc2)[C@@H](Cc2ccc(OP(=O)(O)O)cc2)C1=O. The van der Waals surface area contributed by atoms with Gasteiger partial charge in [0, 0.05) is 46.3 Å². The fourth-order valence-electron chi connectivity index (χ4n) is 5.84. The molecule has 5 rings (SSSR count). The molecule has 13 nitrogen and oxygen atoms in total. The van der Waals surface area contributed by atoms with Crippen molar-refractivity contribution in [2.75, 3.05) is 39.1 Å². The van der Waals surface area contributed by atoms with E-state index in [9.17, 15) is 23.3 Å². The predicted molar refractivity (Wildman–Crippen MR) is 167 cm³/mol. The minimum atomic E-state index is -4.77. The summed E-state index contributed by atoms with van der Waals surface area (Å²) in [6.07, 6.45) is -0.800. The molecule has 0 spiro atoms. The van der Waals surface area contributed by atoms with Gasteiger partial charge in [-0.05, 0) is 41.0 Å². The number of hydrazine groups is 1. The molecule has 0 saturated carbocycles. The summed E-state index contributed by atoms with van der Waals surface area (Å²) in [4.78, 5) is 64.5. The molecule has 2 fully saturated rings. The monoisotopic (exact) mass is 654 g/mol. The molecule has 0 radical (unpaired) electrons. The first-order valence-corrected chi connectivity index (χ1v) is 16.1. The van der Waals surface area contributed by atoms with Crippen LogP contribution in [0.1, 0.15) is 16.7 Å². The zero-order valence-electron chi connectivity index (χ0n) is 25.6. The Hall–Kier alpha value is -4.49. The lowest BCUT2D eigenvalue weighted by Crippen LogP contribution is -2.76. The molecule has 3 aromatic carbocycles. The number of benzene rings is 3. The highest BCUT2D eigenvalue weighted by atomic mass is 31.2. The van der Waals surface area contributed by atoms with Crippen LogP contribution in [0.25, 0.3) is 0 Å². The Labute approximate surface area is 265 Å². The van der Waals surface area contributed by atoms with Gasteiger partial charge in [-0.2, -0.15) is 0 Å². The van der Waals surface area contributed by atoms with Gasteiger partial charge in [-0.3, -0.25) is 19.4 Å². The number of nitrogens with zero attached hydrogens (tertiary/aromatic N) is 5. The standard InChI is InChI=1S/C31H36FN6O7P/c1-34(2)26-16-24(32)12-11-23(26)18-36-19-28-37(27(30(36)40)15-21-9-13-25(14-10-21)45-46(42,43)44)29(39)20-35(3)38(28)31(41)33-17-22-7-5-4-6-8-22/h4-14,16,27-28H,15,17-20H2,1-3H3,(H,33,41)(H2,42,43,44)/t27-,28-/m0/s1. The normalized spacial score (nSPS) is 18.8. The fourth-order valence-corrected chi connectivity index (χ4v) is 6.24. The zero-order valence-corrected chi connectivity index (χ0v) is 26.5. The number of fused-ring (bicyclic) bond motifs is 1. The van der Waals surface area contributed by atoms with Gasteiger partial charge in [0.1, 0.15) is 23.8 Å². The summed E-state index contributed by atoms with van der Waals surface area (Å²) < 4.78 is 30.1. The molecule has 15 heteroatoms. The fraction of sp³-hybridized carbons (Fsp3) is 0.323. The number of amides is 4. The van der Waals surface area contributed by atoms with Crippen LogP contribution in [0.5, 0.6) is 5.75 Å². The number of nitrogens with one attached hydrogen (secondary N) is 1. The first kappa shape index (κ1) is 32.9. The Morgan fingerprint density at radius 3 is 2.39 bits per heavy atom. The van der Waals surface area contributed by atoms with E-state index in [4.69, 9.17) is 9.79 Å². The van der Waals surface area contributed by atoms with Crippen molar-refractivity contribution in [3.05, 3.63) is 95.3 Å². The average Bonchev–Trinajstić information content (AvgIpc) is 2.99. The van der Waals surface area contributed by atoms with Crippen LogP contribution in [0.4, 0.5) is 14.9 Å². The Bertz CT molecular complexity index is 1640. The Morgan fingerprint density at radius 2 is 1.74 bits per heavy atom. The maximum absolute atomic E-state index is 14.2. The largest absolute Gasteiger partial charge is 0.524 e. The van der Waals surface area contributed by atoms with Crippen molar-refractivity contribution in [3.8, 4) is 5.75 Å². The van der Waals surface area contributed by atoms with E-state index in [-0.39, 0.29) is 50.2 Å². The number of hydrogen-bond acceptors (Lipinski definition) is 7. The van der Waals surface area contributed by atoms with Crippen LogP contribution in [-0.4, -0.2) is 93.9 Å². The van der Waals surface area contributed by atoms with Crippen LogP contribution < -0.4 is 14.7 Å². The number of halogens is 1. The lowest BCUT2D eigenvalue weighted by Gasteiger charge is -2.54. The summed E-state index contributed by atoms with van der Waals surface area (Å²) in [6.45, 7) is 0.210.